The third-order valence-corrected chi connectivity index (χ3v) is 3.55. The summed E-state index contributed by atoms with van der Waals surface area (Å²) in [6.45, 7) is 0.696. The first kappa shape index (κ1) is 13.3. The molecule has 1 rings (SSSR count). The van der Waals surface area contributed by atoms with E-state index in [2.05, 4.69) is 15.9 Å². The Bertz CT molecular complexity index is 297. The van der Waals surface area contributed by atoms with Gasteiger partial charge in [0.25, 0.3) is 0 Å². The van der Waals surface area contributed by atoms with Gasteiger partial charge < -0.3 is 4.74 Å². The number of rotatable bonds is 5. The number of ether oxygens (including phenoxy) is 1. The van der Waals surface area contributed by atoms with Crippen molar-refractivity contribution in [2.45, 2.75) is 17.7 Å². The number of benzene rings is 1. The standard InChI is InChI=1S/C11H13BrCl2O/c1-15-7-8(12)5-6-9-10(13)3-2-4-11(9)14/h2-4,8H,5-7H2,1H3. The molecule has 1 nitrogen and oxygen atoms in total. The maximum atomic E-state index is 6.06. The zero-order valence-electron chi connectivity index (χ0n) is 8.47. The zero-order chi connectivity index (χ0) is 11.3. The van der Waals surface area contributed by atoms with Gasteiger partial charge in [-0.05, 0) is 30.5 Å². The number of methoxy groups -OCH3 is 1. The van der Waals surface area contributed by atoms with Gasteiger partial charge in [-0.2, -0.15) is 0 Å². The SMILES string of the molecule is COCC(Br)CCc1c(Cl)cccc1Cl. The molecule has 0 heterocycles. The quantitative estimate of drug-likeness (QED) is 0.735. The Kier molecular flexibility index (Phi) is 5.98. The normalized spacial score (nSPS) is 12.8. The van der Waals surface area contributed by atoms with E-state index in [-0.39, 0.29) is 0 Å². The van der Waals surface area contributed by atoms with Crippen LogP contribution in [0.25, 0.3) is 0 Å². The summed E-state index contributed by atoms with van der Waals surface area (Å²) in [6, 6.07) is 5.58. The summed E-state index contributed by atoms with van der Waals surface area (Å²) in [5, 5.41) is 1.47. The molecule has 1 atom stereocenters. The van der Waals surface area contributed by atoms with Gasteiger partial charge in [-0.25, -0.2) is 0 Å². The third kappa shape index (κ3) is 4.31. The Morgan fingerprint density at radius 3 is 2.47 bits per heavy atom. The summed E-state index contributed by atoms with van der Waals surface area (Å²) in [5.41, 5.74) is 1.02. The van der Waals surface area contributed by atoms with Crippen molar-refractivity contribution in [1.82, 2.24) is 0 Å². The maximum absolute atomic E-state index is 6.06. The minimum Gasteiger partial charge on any atom is -0.384 e. The van der Waals surface area contributed by atoms with E-state index in [4.69, 9.17) is 27.9 Å². The molecule has 0 amide bonds. The molecule has 1 aromatic rings. The lowest BCUT2D eigenvalue weighted by Gasteiger charge is -2.10. The van der Waals surface area contributed by atoms with Crippen LogP contribution in [0.5, 0.6) is 0 Å². The molecule has 0 spiro atoms. The minimum atomic E-state index is 0.342. The summed E-state index contributed by atoms with van der Waals surface area (Å²) in [6.07, 6.45) is 1.81. The lowest BCUT2D eigenvalue weighted by atomic mass is 10.1. The minimum absolute atomic E-state index is 0.342. The highest BCUT2D eigenvalue weighted by Gasteiger charge is 2.08. The summed E-state index contributed by atoms with van der Waals surface area (Å²) >= 11 is 15.7. The third-order valence-electron chi connectivity index (χ3n) is 2.12. The van der Waals surface area contributed by atoms with Crippen LogP contribution in [-0.2, 0) is 11.2 Å². The predicted molar refractivity (Wildman–Crippen MR) is 69.4 cm³/mol. The lowest BCUT2D eigenvalue weighted by molar-refractivity contribution is 0.198. The number of hydrogen-bond donors (Lipinski definition) is 0. The molecule has 0 saturated heterocycles. The van der Waals surface area contributed by atoms with Crippen LogP contribution in [-0.4, -0.2) is 18.5 Å². The van der Waals surface area contributed by atoms with Gasteiger partial charge >= 0.3 is 0 Å². The molecule has 1 aromatic carbocycles. The second-order valence-corrected chi connectivity index (χ2v) is 5.40. The molecule has 4 heteroatoms. The number of halogens is 3. The molecule has 0 aliphatic heterocycles. The van der Waals surface area contributed by atoms with Gasteiger partial charge in [-0.1, -0.05) is 45.2 Å². The van der Waals surface area contributed by atoms with Crippen LogP contribution in [0.1, 0.15) is 12.0 Å². The van der Waals surface area contributed by atoms with Crippen LogP contribution in [0.15, 0.2) is 18.2 Å². The van der Waals surface area contributed by atoms with Gasteiger partial charge in [0.2, 0.25) is 0 Å². The Hall–Kier alpha value is 0.240. The molecule has 0 N–H and O–H groups in total. The smallest absolute Gasteiger partial charge is 0.0587 e. The van der Waals surface area contributed by atoms with Gasteiger partial charge in [-0.3, -0.25) is 0 Å². The van der Waals surface area contributed by atoms with Crippen LogP contribution in [0.3, 0.4) is 0 Å². The van der Waals surface area contributed by atoms with Gasteiger partial charge in [0.15, 0.2) is 0 Å². The van der Waals surface area contributed by atoms with E-state index < -0.39 is 0 Å². The van der Waals surface area contributed by atoms with Crippen LogP contribution in [0, 0.1) is 0 Å². The van der Waals surface area contributed by atoms with Crippen molar-refractivity contribution in [1.29, 1.82) is 0 Å². The number of alkyl halides is 1. The highest BCUT2D eigenvalue weighted by Crippen LogP contribution is 2.26. The summed E-state index contributed by atoms with van der Waals surface area (Å²) in [4.78, 5) is 0.342. The van der Waals surface area contributed by atoms with Crippen molar-refractivity contribution in [3.8, 4) is 0 Å². The van der Waals surface area contributed by atoms with Gasteiger partial charge in [-0.15, -0.1) is 0 Å². The average Bonchev–Trinajstić information content (AvgIpc) is 2.17. The Balaban J connectivity index is 2.57. The zero-order valence-corrected chi connectivity index (χ0v) is 11.6. The second-order valence-electron chi connectivity index (χ2n) is 3.29. The molecular formula is C11H13BrCl2O. The molecule has 0 fully saturated rings. The molecule has 1 unspecified atom stereocenters. The predicted octanol–water partition coefficient (Wildman–Crippen LogP) is 4.34. The Morgan fingerprint density at radius 1 is 1.33 bits per heavy atom. The van der Waals surface area contributed by atoms with Crippen LogP contribution < -0.4 is 0 Å². The van der Waals surface area contributed by atoms with Gasteiger partial charge in [0.1, 0.15) is 0 Å². The molecule has 0 aliphatic rings. The van der Waals surface area contributed by atoms with E-state index in [1.807, 2.05) is 18.2 Å². The fourth-order valence-electron chi connectivity index (χ4n) is 1.34. The van der Waals surface area contributed by atoms with E-state index in [1.165, 1.54) is 0 Å². The Morgan fingerprint density at radius 2 is 1.93 bits per heavy atom. The highest BCUT2D eigenvalue weighted by molar-refractivity contribution is 9.09. The van der Waals surface area contributed by atoms with E-state index in [0.717, 1.165) is 28.5 Å². The molecule has 0 aliphatic carbocycles. The molecule has 0 radical (unpaired) electrons. The summed E-state index contributed by atoms with van der Waals surface area (Å²) in [7, 11) is 1.69. The molecule has 15 heavy (non-hydrogen) atoms. The van der Waals surface area contributed by atoms with Crippen molar-refractivity contribution in [3.05, 3.63) is 33.8 Å². The van der Waals surface area contributed by atoms with E-state index in [0.29, 0.717) is 11.4 Å². The van der Waals surface area contributed by atoms with E-state index in [9.17, 15) is 0 Å². The summed E-state index contributed by atoms with van der Waals surface area (Å²) < 4.78 is 5.04. The fourth-order valence-corrected chi connectivity index (χ4v) is 2.42. The van der Waals surface area contributed by atoms with Gasteiger partial charge in [0, 0.05) is 22.0 Å². The van der Waals surface area contributed by atoms with Crippen molar-refractivity contribution in [2.24, 2.45) is 0 Å². The molecule has 0 saturated carbocycles. The lowest BCUT2D eigenvalue weighted by Crippen LogP contribution is -2.08. The summed E-state index contributed by atoms with van der Waals surface area (Å²) in [5.74, 6) is 0. The van der Waals surface area contributed by atoms with Crippen molar-refractivity contribution < 1.29 is 4.74 Å². The molecule has 0 aromatic heterocycles. The Labute approximate surface area is 109 Å². The number of hydrogen-bond acceptors (Lipinski definition) is 1. The average molecular weight is 312 g/mol. The topological polar surface area (TPSA) is 9.23 Å². The van der Waals surface area contributed by atoms with Crippen molar-refractivity contribution in [3.63, 3.8) is 0 Å². The van der Waals surface area contributed by atoms with Crippen LogP contribution >= 0.6 is 39.1 Å². The first-order chi connectivity index (χ1) is 7.15. The second kappa shape index (κ2) is 6.74. The first-order valence-electron chi connectivity index (χ1n) is 4.71. The van der Waals surface area contributed by atoms with Crippen LogP contribution in [0.2, 0.25) is 10.0 Å². The molecular weight excluding hydrogens is 299 g/mol. The van der Waals surface area contributed by atoms with Crippen molar-refractivity contribution in [2.75, 3.05) is 13.7 Å². The van der Waals surface area contributed by atoms with Gasteiger partial charge in [0.05, 0.1) is 6.61 Å². The monoisotopic (exact) mass is 310 g/mol. The molecule has 84 valence electrons. The maximum Gasteiger partial charge on any atom is 0.0587 e. The molecule has 0 bridgehead atoms. The van der Waals surface area contributed by atoms with Crippen molar-refractivity contribution >= 4 is 39.1 Å². The first-order valence-corrected chi connectivity index (χ1v) is 6.38. The highest BCUT2D eigenvalue weighted by atomic mass is 79.9. The van der Waals surface area contributed by atoms with E-state index >= 15 is 0 Å². The van der Waals surface area contributed by atoms with E-state index in [1.54, 1.807) is 7.11 Å². The van der Waals surface area contributed by atoms with Crippen LogP contribution in [0.4, 0.5) is 0 Å². The largest absolute Gasteiger partial charge is 0.384 e. The fraction of sp³-hybridized carbons (Fsp3) is 0.455.